The van der Waals surface area contributed by atoms with Crippen LogP contribution in [0.4, 0.5) is 0 Å². The molecule has 1 aromatic heterocycles. The number of nitrogens with one attached hydrogen (secondary N) is 1. The van der Waals surface area contributed by atoms with Gasteiger partial charge < -0.3 is 15.0 Å². The molecule has 0 bridgehead atoms. The summed E-state index contributed by atoms with van der Waals surface area (Å²) in [5.41, 5.74) is 2.50. The lowest BCUT2D eigenvalue weighted by Crippen LogP contribution is -2.34. The number of aromatic nitrogens is 1. The van der Waals surface area contributed by atoms with Crippen molar-refractivity contribution in [2.45, 2.75) is 45.3 Å². The van der Waals surface area contributed by atoms with E-state index in [1.54, 1.807) is 6.07 Å². The van der Waals surface area contributed by atoms with E-state index in [9.17, 15) is 9.90 Å². The maximum Gasteiger partial charge on any atom is 0.336 e. The Bertz CT molecular complexity index is 641. The number of carboxylic acids is 1. The zero-order chi connectivity index (χ0) is 14.1. The van der Waals surface area contributed by atoms with Gasteiger partial charge in [-0.2, -0.15) is 0 Å². The lowest BCUT2D eigenvalue weighted by molar-refractivity contribution is 0.0699. The minimum atomic E-state index is -0.852. The van der Waals surface area contributed by atoms with E-state index < -0.39 is 5.97 Å². The molecule has 1 heterocycles. The van der Waals surface area contributed by atoms with Crippen LogP contribution in [-0.2, 0) is 13.1 Å². The van der Waals surface area contributed by atoms with Crippen LogP contribution in [0.3, 0.4) is 0 Å². The highest BCUT2D eigenvalue weighted by molar-refractivity contribution is 6.04. The van der Waals surface area contributed by atoms with Crippen molar-refractivity contribution in [2.75, 3.05) is 0 Å². The quantitative estimate of drug-likeness (QED) is 0.879. The molecule has 0 unspecified atom stereocenters. The molecule has 106 valence electrons. The third-order valence-electron chi connectivity index (χ3n) is 4.24. The average Bonchev–Trinajstić information content (AvgIpc) is 2.75. The zero-order valence-corrected chi connectivity index (χ0v) is 11.7. The minimum Gasteiger partial charge on any atom is -0.478 e. The Balaban J connectivity index is 2.02. The molecule has 0 saturated heterocycles. The minimum absolute atomic E-state index is 0.403. The molecule has 4 nitrogen and oxygen atoms in total. The molecular weight excluding hydrogens is 252 g/mol. The van der Waals surface area contributed by atoms with E-state index >= 15 is 0 Å². The number of carbonyl (C=O) groups is 1. The largest absolute Gasteiger partial charge is 0.478 e. The van der Waals surface area contributed by atoms with Gasteiger partial charge in [-0.3, -0.25) is 0 Å². The van der Waals surface area contributed by atoms with Crippen molar-refractivity contribution >= 4 is 16.9 Å². The second-order valence-electron chi connectivity index (χ2n) is 5.45. The van der Waals surface area contributed by atoms with Crippen molar-refractivity contribution in [3.63, 3.8) is 0 Å². The Morgan fingerprint density at radius 1 is 1.45 bits per heavy atom. The smallest absolute Gasteiger partial charge is 0.336 e. The number of rotatable bonds is 5. The maximum atomic E-state index is 11.4. The second kappa shape index (κ2) is 5.29. The molecule has 3 rings (SSSR count). The third kappa shape index (κ3) is 2.20. The molecule has 0 atom stereocenters. The van der Waals surface area contributed by atoms with Crippen LogP contribution in [0.1, 0.15) is 42.1 Å². The first-order valence-corrected chi connectivity index (χ1v) is 7.28. The zero-order valence-electron chi connectivity index (χ0n) is 11.7. The van der Waals surface area contributed by atoms with Crippen molar-refractivity contribution in [3.8, 4) is 0 Å². The van der Waals surface area contributed by atoms with Crippen LogP contribution in [0.15, 0.2) is 24.4 Å². The maximum absolute atomic E-state index is 11.4. The first-order valence-electron chi connectivity index (χ1n) is 7.28. The fourth-order valence-corrected chi connectivity index (χ4v) is 2.88. The lowest BCUT2D eigenvalue weighted by Gasteiger charge is -2.26. The van der Waals surface area contributed by atoms with Crippen molar-refractivity contribution in [2.24, 2.45) is 0 Å². The molecule has 2 aromatic rings. The van der Waals surface area contributed by atoms with E-state index in [0.717, 1.165) is 29.6 Å². The summed E-state index contributed by atoms with van der Waals surface area (Å²) in [6, 6.07) is 6.11. The fraction of sp³-hybridized carbons (Fsp3) is 0.438. The van der Waals surface area contributed by atoms with E-state index in [2.05, 4.69) is 23.0 Å². The number of aryl methyl sites for hydroxylation is 1. The summed E-state index contributed by atoms with van der Waals surface area (Å²) in [5, 5.41) is 13.8. The van der Waals surface area contributed by atoms with Gasteiger partial charge in [0.25, 0.3) is 0 Å². The van der Waals surface area contributed by atoms with Crippen LogP contribution in [-0.4, -0.2) is 21.7 Å². The standard InChI is InChI=1S/C16H20N2O2/c1-2-18-10-11(9-17-12-5-3-6-12)15-13(16(19)20)7-4-8-14(15)18/h4,7-8,10,12,17H,2-3,5-6,9H2,1H3,(H,19,20). The van der Waals surface area contributed by atoms with Gasteiger partial charge in [0.15, 0.2) is 0 Å². The third-order valence-corrected chi connectivity index (χ3v) is 4.24. The topological polar surface area (TPSA) is 54.3 Å². The molecule has 1 fully saturated rings. The molecule has 0 radical (unpaired) electrons. The monoisotopic (exact) mass is 272 g/mol. The highest BCUT2D eigenvalue weighted by atomic mass is 16.4. The molecule has 20 heavy (non-hydrogen) atoms. The number of nitrogens with zero attached hydrogens (tertiary/aromatic N) is 1. The summed E-state index contributed by atoms with van der Waals surface area (Å²) in [6.07, 6.45) is 5.86. The van der Waals surface area contributed by atoms with E-state index in [4.69, 9.17) is 0 Å². The predicted octanol–water partition coefficient (Wildman–Crippen LogP) is 3.00. The summed E-state index contributed by atoms with van der Waals surface area (Å²) >= 11 is 0. The molecule has 0 aliphatic heterocycles. The SMILES string of the molecule is CCn1cc(CNC2CCC2)c2c(C(=O)O)cccc21. The number of carboxylic acid groups (broad SMARTS) is 1. The molecule has 1 aliphatic rings. The van der Waals surface area contributed by atoms with E-state index in [1.165, 1.54) is 19.3 Å². The molecule has 0 amide bonds. The molecule has 2 N–H and O–H groups in total. The summed E-state index contributed by atoms with van der Waals surface area (Å²) in [7, 11) is 0. The van der Waals surface area contributed by atoms with Crippen LogP contribution in [0, 0.1) is 0 Å². The van der Waals surface area contributed by atoms with Crippen LogP contribution >= 0.6 is 0 Å². The van der Waals surface area contributed by atoms with Gasteiger partial charge in [-0.05, 0) is 37.5 Å². The highest BCUT2D eigenvalue weighted by Crippen LogP contribution is 2.26. The van der Waals surface area contributed by atoms with Crippen molar-refractivity contribution in [1.29, 1.82) is 0 Å². The van der Waals surface area contributed by atoms with Gasteiger partial charge in [-0.25, -0.2) is 4.79 Å². The second-order valence-corrected chi connectivity index (χ2v) is 5.45. The summed E-state index contributed by atoms with van der Waals surface area (Å²) < 4.78 is 2.12. The number of hydrogen-bond acceptors (Lipinski definition) is 2. The Morgan fingerprint density at radius 2 is 2.25 bits per heavy atom. The van der Waals surface area contributed by atoms with Gasteiger partial charge in [0.1, 0.15) is 0 Å². The van der Waals surface area contributed by atoms with Crippen molar-refractivity contribution in [3.05, 3.63) is 35.5 Å². The lowest BCUT2D eigenvalue weighted by atomic mass is 9.93. The number of hydrogen-bond donors (Lipinski definition) is 2. The molecule has 0 spiro atoms. The van der Waals surface area contributed by atoms with Gasteiger partial charge >= 0.3 is 5.97 Å². The summed E-state index contributed by atoms with van der Waals surface area (Å²) in [4.78, 5) is 11.4. The molecule has 1 aromatic carbocycles. The van der Waals surface area contributed by atoms with E-state index in [-0.39, 0.29) is 0 Å². The first kappa shape index (κ1) is 13.2. The Kier molecular flexibility index (Phi) is 3.49. The Morgan fingerprint density at radius 3 is 2.85 bits per heavy atom. The average molecular weight is 272 g/mol. The van der Waals surface area contributed by atoms with Crippen molar-refractivity contribution < 1.29 is 9.90 Å². The number of benzene rings is 1. The first-order chi connectivity index (χ1) is 9.70. The van der Waals surface area contributed by atoms with E-state index in [0.29, 0.717) is 11.6 Å². The highest BCUT2D eigenvalue weighted by Gasteiger charge is 2.19. The van der Waals surface area contributed by atoms with Gasteiger partial charge in [-0.15, -0.1) is 0 Å². The molecule has 4 heteroatoms. The van der Waals surface area contributed by atoms with Gasteiger partial charge in [0.05, 0.1) is 5.56 Å². The van der Waals surface area contributed by atoms with Gasteiger partial charge in [0.2, 0.25) is 0 Å². The Labute approximate surface area is 118 Å². The van der Waals surface area contributed by atoms with E-state index in [1.807, 2.05) is 12.1 Å². The summed E-state index contributed by atoms with van der Waals surface area (Å²) in [5.74, 6) is -0.852. The Hall–Kier alpha value is -1.81. The van der Waals surface area contributed by atoms with Crippen LogP contribution < -0.4 is 5.32 Å². The fourth-order valence-electron chi connectivity index (χ4n) is 2.88. The number of fused-ring (bicyclic) bond motifs is 1. The predicted molar refractivity (Wildman–Crippen MR) is 79.1 cm³/mol. The van der Waals surface area contributed by atoms with Crippen molar-refractivity contribution in [1.82, 2.24) is 9.88 Å². The summed E-state index contributed by atoms with van der Waals surface area (Å²) in [6.45, 7) is 3.68. The molecule has 1 aliphatic carbocycles. The van der Waals surface area contributed by atoms with Gasteiger partial charge in [0, 0.05) is 36.2 Å². The van der Waals surface area contributed by atoms with Crippen LogP contribution in [0.2, 0.25) is 0 Å². The normalized spacial score (nSPS) is 15.4. The molecular formula is C16H20N2O2. The molecule has 1 saturated carbocycles. The van der Waals surface area contributed by atoms with Gasteiger partial charge in [-0.1, -0.05) is 12.5 Å². The number of aromatic carboxylic acids is 1. The van der Waals surface area contributed by atoms with Crippen LogP contribution in [0.5, 0.6) is 0 Å². The van der Waals surface area contributed by atoms with Crippen LogP contribution in [0.25, 0.3) is 10.9 Å².